The Morgan fingerprint density at radius 2 is 0.800 bits per heavy atom. The van der Waals surface area contributed by atoms with Gasteiger partial charge in [0.15, 0.2) is 11.6 Å². The predicted molar refractivity (Wildman–Crippen MR) is 280 cm³/mol. The summed E-state index contributed by atoms with van der Waals surface area (Å²) in [4.78, 5) is 0. The summed E-state index contributed by atoms with van der Waals surface area (Å²) in [6, 6.07) is 40.4. The quantitative estimate of drug-likeness (QED) is 0.0593. The second kappa shape index (κ2) is 39.9. The zero-order chi connectivity index (χ0) is 51.9. The minimum absolute atomic E-state index is 0.0451. The molecule has 4 N–H and O–H groups in total. The molecule has 0 radical (unpaired) electrons. The van der Waals surface area contributed by atoms with E-state index in [1.165, 1.54) is 29.5 Å². The topological polar surface area (TPSA) is 155 Å². The van der Waals surface area contributed by atoms with Gasteiger partial charge in [-0.1, -0.05) is 182 Å². The first-order valence-corrected chi connectivity index (χ1v) is 25.2. The minimum Gasteiger partial charge on any atom is -0.396 e. The third kappa shape index (κ3) is 34.7. The maximum atomic E-state index is 8.96. The van der Waals surface area contributed by atoms with Gasteiger partial charge in [-0.25, -0.2) is 0 Å². The highest BCUT2D eigenvalue weighted by molar-refractivity contribution is 5.15. The van der Waals surface area contributed by atoms with Crippen molar-refractivity contribution in [3.63, 3.8) is 0 Å². The Morgan fingerprint density at radius 3 is 1.06 bits per heavy atom. The van der Waals surface area contributed by atoms with Crippen LogP contribution >= 0.6 is 0 Å². The van der Waals surface area contributed by atoms with Gasteiger partial charge < -0.3 is 58.3 Å². The highest BCUT2D eigenvalue weighted by atomic mass is 16.8. The van der Waals surface area contributed by atoms with Crippen molar-refractivity contribution in [1.29, 1.82) is 0 Å². The van der Waals surface area contributed by atoms with Crippen LogP contribution in [0.2, 0.25) is 0 Å². The molecule has 0 bridgehead atoms. The fourth-order valence-electron chi connectivity index (χ4n) is 5.79. The van der Waals surface area contributed by atoms with Gasteiger partial charge in [-0.3, -0.25) is 0 Å². The molecule has 2 saturated heterocycles. The molecule has 6 rings (SSSR count). The van der Waals surface area contributed by atoms with Gasteiger partial charge in [-0.15, -0.1) is 0 Å². The Hall–Kier alpha value is -3.60. The van der Waals surface area contributed by atoms with E-state index in [2.05, 4.69) is 71.0 Å². The summed E-state index contributed by atoms with van der Waals surface area (Å²) < 4.78 is 43.4. The third-order valence-corrected chi connectivity index (χ3v) is 10.8. The lowest BCUT2D eigenvalue weighted by Gasteiger charge is -2.17. The summed E-state index contributed by atoms with van der Waals surface area (Å²) in [6.45, 7) is 26.7. The van der Waals surface area contributed by atoms with Crippen LogP contribution in [0.5, 0.6) is 0 Å². The molecule has 6 unspecified atom stereocenters. The van der Waals surface area contributed by atoms with E-state index in [0.29, 0.717) is 57.4 Å². The molecule has 0 saturated carbocycles. The molecule has 2 aliphatic heterocycles. The lowest BCUT2D eigenvalue weighted by Crippen LogP contribution is -2.23. The Kier molecular flexibility index (Phi) is 36.8. The molecule has 0 amide bonds. The summed E-state index contributed by atoms with van der Waals surface area (Å²) >= 11 is 0. The number of aliphatic hydroxyl groups is 4. The van der Waals surface area contributed by atoms with Crippen LogP contribution < -0.4 is 0 Å². The first-order valence-electron chi connectivity index (χ1n) is 25.2. The Bertz CT molecular complexity index is 1610. The molecule has 6 atom stereocenters. The van der Waals surface area contributed by atoms with Crippen molar-refractivity contribution in [2.75, 3.05) is 59.5 Å². The number of hydrogen-bond donors (Lipinski definition) is 4. The van der Waals surface area contributed by atoms with Crippen molar-refractivity contribution in [3.05, 3.63) is 144 Å². The van der Waals surface area contributed by atoms with Crippen molar-refractivity contribution in [3.8, 4) is 0 Å². The molecular formula is C58H92O12. The maximum absolute atomic E-state index is 8.96. The summed E-state index contributed by atoms with van der Waals surface area (Å²) in [5.74, 6) is 0.881. The molecule has 70 heavy (non-hydrogen) atoms. The Balaban J connectivity index is 0.000000429. The van der Waals surface area contributed by atoms with E-state index >= 15 is 0 Å². The fourth-order valence-corrected chi connectivity index (χ4v) is 5.79. The van der Waals surface area contributed by atoms with Crippen LogP contribution in [0.4, 0.5) is 0 Å². The molecule has 0 aromatic heterocycles. The average Bonchev–Trinajstić information content (AvgIpc) is 3.94. The number of rotatable bonds is 22. The molecule has 2 aliphatic rings. The Labute approximate surface area is 422 Å². The molecule has 12 nitrogen and oxygen atoms in total. The second-order valence-electron chi connectivity index (χ2n) is 18.6. The van der Waals surface area contributed by atoms with Crippen LogP contribution in [0.1, 0.15) is 111 Å². The molecule has 2 fully saturated rings. The third-order valence-electron chi connectivity index (χ3n) is 10.8. The van der Waals surface area contributed by atoms with E-state index in [0.717, 1.165) is 38.4 Å². The Morgan fingerprint density at radius 1 is 0.471 bits per heavy atom. The highest BCUT2D eigenvalue weighted by Crippen LogP contribution is 2.23. The summed E-state index contributed by atoms with van der Waals surface area (Å²) in [5, 5.41) is 34.4. The van der Waals surface area contributed by atoms with Crippen molar-refractivity contribution in [2.24, 2.45) is 17.8 Å². The second-order valence-corrected chi connectivity index (χ2v) is 18.6. The van der Waals surface area contributed by atoms with E-state index in [1.807, 2.05) is 120 Å². The van der Waals surface area contributed by atoms with Gasteiger partial charge in [0.25, 0.3) is 0 Å². The van der Waals surface area contributed by atoms with E-state index in [1.54, 1.807) is 0 Å². The zero-order valence-electron chi connectivity index (χ0n) is 44.4. The van der Waals surface area contributed by atoms with E-state index in [4.69, 9.17) is 58.3 Å². The fraction of sp³-hybridized carbons (Fsp3) is 0.586. The van der Waals surface area contributed by atoms with Gasteiger partial charge in [-0.2, -0.15) is 0 Å². The van der Waals surface area contributed by atoms with Gasteiger partial charge in [0.1, 0.15) is 18.3 Å². The van der Waals surface area contributed by atoms with Crippen LogP contribution in [-0.2, 0) is 64.3 Å². The number of hydrogen-bond acceptors (Lipinski definition) is 12. The molecule has 0 aliphatic carbocycles. The number of ether oxygens (including phenoxy) is 8. The maximum Gasteiger partial charge on any atom is 0.163 e. The van der Waals surface area contributed by atoms with Crippen LogP contribution in [-0.4, -0.2) is 110 Å². The summed E-state index contributed by atoms with van der Waals surface area (Å²) in [5.41, 5.74) is 4.75. The van der Waals surface area contributed by atoms with Gasteiger partial charge in [0, 0.05) is 19.8 Å². The molecular weight excluding hydrogens is 889 g/mol. The summed E-state index contributed by atoms with van der Waals surface area (Å²) in [6.07, 6.45) is 2.61. The van der Waals surface area contributed by atoms with Crippen molar-refractivity contribution in [2.45, 2.75) is 145 Å². The molecule has 2 heterocycles. The largest absolute Gasteiger partial charge is 0.396 e. The lowest BCUT2D eigenvalue weighted by molar-refractivity contribution is -0.145. The highest BCUT2D eigenvalue weighted by Gasteiger charge is 2.33. The number of aliphatic hydroxyl groups excluding tert-OH is 4. The standard InChI is InChI=1S/C13H18O3.2C12H18O.C10H14O3.C6H12O3.C5H12O/c1-13(2)15-10-12(16-13)9-14-8-11-6-4-3-5-7-11;2*1-3-11(2)9-13-10-12-7-5-4-6-8-12;11-6-10(12)8-13-7-9-4-2-1-3-5-9;1-6(2)8-4-5(3-7)9-6;1-3-5(2)4-6/h3-7,12H,8-10H2,1-2H3;2*4-8,11H,3,9-10H2,1-2H3;1-5,10-12H,6-8H2;5,7H,3-4H2,1-2H3;5-6H,3-4H2,1-2H3. The van der Waals surface area contributed by atoms with Gasteiger partial charge in [-0.05, 0) is 67.7 Å². The van der Waals surface area contributed by atoms with Crippen LogP contribution in [0.15, 0.2) is 121 Å². The van der Waals surface area contributed by atoms with Crippen molar-refractivity contribution < 1.29 is 58.3 Å². The van der Waals surface area contributed by atoms with Crippen LogP contribution in [0, 0.1) is 17.8 Å². The van der Waals surface area contributed by atoms with Gasteiger partial charge in [0.2, 0.25) is 0 Å². The first-order chi connectivity index (χ1) is 33.6. The molecule has 12 heteroatoms. The summed E-state index contributed by atoms with van der Waals surface area (Å²) in [7, 11) is 0. The van der Waals surface area contributed by atoms with Crippen LogP contribution in [0.25, 0.3) is 0 Å². The SMILES string of the molecule is CC1(C)OCC(CO)O1.CC1(C)OCC(COCc2ccccc2)O1.CCC(C)CO.CCC(C)COCc1ccccc1.CCC(C)COCc1ccccc1.OCC(O)COCc1ccccc1. The van der Waals surface area contributed by atoms with Crippen molar-refractivity contribution >= 4 is 0 Å². The number of benzene rings is 4. The zero-order valence-corrected chi connectivity index (χ0v) is 44.4. The molecule has 396 valence electrons. The van der Waals surface area contributed by atoms with Gasteiger partial charge >= 0.3 is 0 Å². The monoisotopic (exact) mass is 981 g/mol. The predicted octanol–water partition coefficient (Wildman–Crippen LogP) is 10.6. The molecule has 4 aromatic carbocycles. The van der Waals surface area contributed by atoms with E-state index in [-0.39, 0.29) is 32.0 Å². The average molecular weight is 981 g/mol. The molecule has 0 spiro atoms. The lowest BCUT2D eigenvalue weighted by atomic mass is 10.1. The van der Waals surface area contributed by atoms with E-state index < -0.39 is 17.7 Å². The van der Waals surface area contributed by atoms with Crippen molar-refractivity contribution in [1.82, 2.24) is 0 Å². The minimum atomic E-state index is -0.774. The van der Waals surface area contributed by atoms with Gasteiger partial charge in [0.05, 0.1) is 66.1 Å². The first kappa shape index (κ1) is 64.4. The molecule has 4 aromatic rings. The van der Waals surface area contributed by atoms with E-state index in [9.17, 15) is 0 Å². The normalized spacial score (nSPS) is 18.0. The smallest absolute Gasteiger partial charge is 0.163 e. The van der Waals surface area contributed by atoms with Crippen LogP contribution in [0.3, 0.4) is 0 Å².